The van der Waals surface area contributed by atoms with E-state index in [1.54, 1.807) is 0 Å². The van der Waals surface area contributed by atoms with Crippen molar-refractivity contribution < 1.29 is 4.79 Å². The number of likely N-dealkylation sites (N-methyl/N-ethyl adjacent to an activating group) is 1. The van der Waals surface area contributed by atoms with Gasteiger partial charge in [0.25, 0.3) is 5.91 Å². The second kappa shape index (κ2) is 7.83. The van der Waals surface area contributed by atoms with Gasteiger partial charge in [-0.25, -0.2) is 0 Å². The summed E-state index contributed by atoms with van der Waals surface area (Å²) in [5, 5.41) is 3.12. The smallest absolute Gasteiger partial charge is 0.251 e. The highest BCUT2D eigenvalue weighted by atomic mass is 16.1. The highest BCUT2D eigenvalue weighted by molar-refractivity contribution is 5.94. The first kappa shape index (κ1) is 17.7. The van der Waals surface area contributed by atoms with Gasteiger partial charge in [-0.3, -0.25) is 4.79 Å². The van der Waals surface area contributed by atoms with Gasteiger partial charge in [-0.1, -0.05) is 37.3 Å². The molecule has 3 nitrogen and oxygen atoms in total. The number of carbonyl (C=O) groups is 1. The van der Waals surface area contributed by atoms with Crippen LogP contribution >= 0.6 is 0 Å². The summed E-state index contributed by atoms with van der Waals surface area (Å²) < 4.78 is 0. The van der Waals surface area contributed by atoms with E-state index in [2.05, 4.69) is 67.6 Å². The topological polar surface area (TPSA) is 32.3 Å². The summed E-state index contributed by atoms with van der Waals surface area (Å²) in [5.41, 5.74) is 6.09. The van der Waals surface area contributed by atoms with Gasteiger partial charge in [-0.2, -0.15) is 0 Å². The van der Waals surface area contributed by atoms with E-state index in [4.69, 9.17) is 0 Å². The Labute approximate surface area is 151 Å². The zero-order valence-electron chi connectivity index (χ0n) is 15.5. The van der Waals surface area contributed by atoms with Crippen LogP contribution in [0.4, 0.5) is 0 Å². The predicted octanol–water partition coefficient (Wildman–Crippen LogP) is 3.77. The predicted molar refractivity (Wildman–Crippen MR) is 103 cm³/mol. The summed E-state index contributed by atoms with van der Waals surface area (Å²) in [6.45, 7) is 2.77. The van der Waals surface area contributed by atoms with Crippen molar-refractivity contribution in [2.45, 2.75) is 38.6 Å². The third-order valence-electron chi connectivity index (χ3n) is 5.21. The molecule has 1 aliphatic rings. The van der Waals surface area contributed by atoms with E-state index in [-0.39, 0.29) is 11.9 Å². The molecule has 0 bridgehead atoms. The van der Waals surface area contributed by atoms with E-state index in [1.807, 2.05) is 6.07 Å². The van der Waals surface area contributed by atoms with Gasteiger partial charge < -0.3 is 10.2 Å². The molecule has 3 rings (SSSR count). The fraction of sp³-hybridized carbons (Fsp3) is 0.409. The average molecular weight is 336 g/mol. The Morgan fingerprint density at radius 3 is 2.48 bits per heavy atom. The van der Waals surface area contributed by atoms with E-state index in [0.717, 1.165) is 24.8 Å². The molecule has 1 unspecified atom stereocenters. The summed E-state index contributed by atoms with van der Waals surface area (Å²) in [5.74, 6) is 0.0201. The van der Waals surface area contributed by atoms with E-state index in [9.17, 15) is 4.79 Å². The minimum absolute atomic E-state index is 0.0201. The van der Waals surface area contributed by atoms with Gasteiger partial charge in [-0.15, -0.1) is 0 Å². The van der Waals surface area contributed by atoms with Crippen molar-refractivity contribution in [1.29, 1.82) is 0 Å². The highest BCUT2D eigenvalue weighted by Crippen LogP contribution is 2.23. The van der Waals surface area contributed by atoms with Gasteiger partial charge in [0, 0.05) is 12.1 Å². The maximum absolute atomic E-state index is 12.6. The fourth-order valence-electron chi connectivity index (χ4n) is 3.58. The van der Waals surface area contributed by atoms with Crippen LogP contribution in [-0.2, 0) is 19.3 Å². The third-order valence-corrected chi connectivity index (χ3v) is 5.21. The second-order valence-corrected chi connectivity index (χ2v) is 7.12. The first-order valence-corrected chi connectivity index (χ1v) is 9.23. The zero-order valence-corrected chi connectivity index (χ0v) is 15.5. The number of fused-ring (bicyclic) bond motifs is 1. The summed E-state index contributed by atoms with van der Waals surface area (Å²) in [4.78, 5) is 14.7. The SMILES string of the molecule is CCc1ccc(C(CNC(=O)c2ccc3c(c2)CCC3)N(C)C)cc1. The van der Waals surface area contributed by atoms with Crippen LogP contribution in [0, 0.1) is 0 Å². The molecule has 0 spiro atoms. The highest BCUT2D eigenvalue weighted by Gasteiger charge is 2.17. The lowest BCUT2D eigenvalue weighted by molar-refractivity contribution is 0.0942. The number of nitrogens with zero attached hydrogens (tertiary/aromatic N) is 1. The van der Waals surface area contributed by atoms with E-state index in [0.29, 0.717) is 6.54 Å². The van der Waals surface area contributed by atoms with E-state index >= 15 is 0 Å². The third kappa shape index (κ3) is 4.10. The van der Waals surface area contributed by atoms with Crippen LogP contribution in [-0.4, -0.2) is 31.4 Å². The maximum Gasteiger partial charge on any atom is 0.251 e. The lowest BCUT2D eigenvalue weighted by atomic mass is 10.0. The Bertz CT molecular complexity index is 734. The van der Waals surface area contributed by atoms with Crippen LogP contribution in [0.2, 0.25) is 0 Å². The van der Waals surface area contributed by atoms with E-state index in [1.165, 1.54) is 28.7 Å². The molecule has 1 aliphatic carbocycles. The zero-order chi connectivity index (χ0) is 17.8. The van der Waals surface area contributed by atoms with Gasteiger partial charge in [0.05, 0.1) is 6.04 Å². The van der Waals surface area contributed by atoms with Gasteiger partial charge >= 0.3 is 0 Å². The molecule has 1 N–H and O–H groups in total. The Balaban J connectivity index is 1.67. The van der Waals surface area contributed by atoms with Crippen molar-refractivity contribution in [1.82, 2.24) is 10.2 Å². The van der Waals surface area contributed by atoms with Gasteiger partial charge in [0.2, 0.25) is 0 Å². The molecule has 25 heavy (non-hydrogen) atoms. The van der Waals surface area contributed by atoms with Crippen LogP contribution < -0.4 is 5.32 Å². The Morgan fingerprint density at radius 1 is 1.08 bits per heavy atom. The summed E-state index contributed by atoms with van der Waals surface area (Å²) in [7, 11) is 4.11. The van der Waals surface area contributed by atoms with E-state index < -0.39 is 0 Å². The molecule has 2 aromatic carbocycles. The molecule has 1 atom stereocenters. The molecular formula is C22H28N2O. The lowest BCUT2D eigenvalue weighted by Crippen LogP contribution is -2.34. The molecule has 0 saturated heterocycles. The summed E-state index contributed by atoms with van der Waals surface area (Å²) in [6.07, 6.45) is 4.49. The maximum atomic E-state index is 12.6. The number of amides is 1. The molecule has 2 aromatic rings. The number of hydrogen-bond donors (Lipinski definition) is 1. The Kier molecular flexibility index (Phi) is 5.54. The van der Waals surface area contributed by atoms with Crippen LogP contribution in [0.5, 0.6) is 0 Å². The Hall–Kier alpha value is -2.13. The molecule has 0 heterocycles. The van der Waals surface area contributed by atoms with Crippen LogP contribution in [0.25, 0.3) is 0 Å². The van der Waals surface area contributed by atoms with Crippen LogP contribution in [0.3, 0.4) is 0 Å². The van der Waals surface area contributed by atoms with Crippen molar-refractivity contribution in [2.24, 2.45) is 0 Å². The minimum Gasteiger partial charge on any atom is -0.350 e. The molecule has 1 amide bonds. The Morgan fingerprint density at radius 2 is 1.80 bits per heavy atom. The number of carbonyl (C=O) groups excluding carboxylic acids is 1. The average Bonchev–Trinajstić information content (AvgIpc) is 3.09. The molecular weight excluding hydrogens is 308 g/mol. The normalized spacial score (nSPS) is 14.4. The number of rotatable bonds is 6. The van der Waals surface area contributed by atoms with Crippen molar-refractivity contribution in [3.63, 3.8) is 0 Å². The van der Waals surface area contributed by atoms with Crippen molar-refractivity contribution in [3.8, 4) is 0 Å². The molecule has 132 valence electrons. The molecule has 0 fully saturated rings. The second-order valence-electron chi connectivity index (χ2n) is 7.12. The van der Waals surface area contributed by atoms with Crippen molar-refractivity contribution >= 4 is 5.91 Å². The number of benzene rings is 2. The molecule has 0 radical (unpaired) electrons. The molecule has 0 aliphatic heterocycles. The van der Waals surface area contributed by atoms with Gasteiger partial charge in [-0.05, 0) is 74.2 Å². The van der Waals surface area contributed by atoms with Gasteiger partial charge in [0.15, 0.2) is 0 Å². The lowest BCUT2D eigenvalue weighted by Gasteiger charge is -2.25. The first-order valence-electron chi connectivity index (χ1n) is 9.23. The minimum atomic E-state index is 0.0201. The number of nitrogens with one attached hydrogen (secondary N) is 1. The first-order chi connectivity index (χ1) is 12.1. The summed E-state index contributed by atoms with van der Waals surface area (Å²) in [6, 6.07) is 15.0. The largest absolute Gasteiger partial charge is 0.350 e. The van der Waals surface area contributed by atoms with Crippen molar-refractivity contribution in [2.75, 3.05) is 20.6 Å². The fourth-order valence-corrected chi connectivity index (χ4v) is 3.58. The van der Waals surface area contributed by atoms with Gasteiger partial charge in [0.1, 0.15) is 0 Å². The quantitative estimate of drug-likeness (QED) is 0.871. The number of aryl methyl sites for hydroxylation is 3. The van der Waals surface area contributed by atoms with Crippen LogP contribution in [0.15, 0.2) is 42.5 Å². The molecule has 0 aromatic heterocycles. The van der Waals surface area contributed by atoms with Crippen LogP contribution in [0.1, 0.15) is 52.0 Å². The molecule has 3 heteroatoms. The summed E-state index contributed by atoms with van der Waals surface area (Å²) >= 11 is 0. The molecule has 0 saturated carbocycles. The number of hydrogen-bond acceptors (Lipinski definition) is 2. The van der Waals surface area contributed by atoms with Crippen molar-refractivity contribution in [3.05, 3.63) is 70.3 Å². The standard InChI is InChI=1S/C22H28N2O/c1-4-16-8-10-18(11-9-16)21(24(2)3)15-23-22(25)20-13-12-17-6-5-7-19(17)14-20/h8-14,21H,4-7,15H2,1-3H3,(H,23,25). The monoisotopic (exact) mass is 336 g/mol.